The van der Waals surface area contributed by atoms with Crippen LogP contribution in [0, 0.1) is 0 Å². The number of benzene rings is 1. The van der Waals surface area contributed by atoms with E-state index in [4.69, 9.17) is 16.3 Å². The summed E-state index contributed by atoms with van der Waals surface area (Å²) in [6.07, 6.45) is 2.54. The topological polar surface area (TPSA) is 47.0 Å². The van der Waals surface area contributed by atoms with Crippen molar-refractivity contribution in [1.29, 1.82) is 0 Å². The molecule has 0 spiro atoms. The van der Waals surface area contributed by atoms with E-state index in [1.165, 1.54) is 5.56 Å². The van der Waals surface area contributed by atoms with Crippen LogP contribution in [-0.2, 0) is 6.42 Å². The van der Waals surface area contributed by atoms with Crippen molar-refractivity contribution in [2.75, 3.05) is 17.8 Å². The lowest BCUT2D eigenvalue weighted by molar-refractivity contribution is 0.327. The second kappa shape index (κ2) is 6.95. The van der Waals surface area contributed by atoms with E-state index in [0.29, 0.717) is 24.3 Å². The first-order valence-corrected chi connectivity index (χ1v) is 6.73. The monoisotopic (exact) mass is 277 g/mol. The highest BCUT2D eigenvalue weighted by Crippen LogP contribution is 2.16. The Morgan fingerprint density at radius 1 is 1.21 bits per heavy atom. The average molecular weight is 278 g/mol. The Morgan fingerprint density at radius 2 is 2.00 bits per heavy atom. The second-order valence-electron chi connectivity index (χ2n) is 3.91. The lowest BCUT2D eigenvalue weighted by Crippen LogP contribution is -2.00. The van der Waals surface area contributed by atoms with Crippen molar-refractivity contribution in [1.82, 2.24) is 9.97 Å². The van der Waals surface area contributed by atoms with E-state index >= 15 is 0 Å². The Balaban J connectivity index is 2.05. The number of nitrogens with zero attached hydrogens (tertiary/aromatic N) is 2. The summed E-state index contributed by atoms with van der Waals surface area (Å²) in [5.41, 5.74) is 2.15. The molecule has 1 N–H and O–H groups in total. The minimum absolute atomic E-state index is 0.524. The number of aromatic nitrogens is 2. The molecule has 19 heavy (non-hydrogen) atoms. The Labute approximate surface area is 117 Å². The van der Waals surface area contributed by atoms with E-state index in [9.17, 15) is 0 Å². The van der Waals surface area contributed by atoms with E-state index in [1.807, 2.05) is 31.2 Å². The van der Waals surface area contributed by atoms with Gasteiger partial charge in [0.1, 0.15) is 0 Å². The average Bonchev–Trinajstić information content (AvgIpc) is 2.42. The number of rotatable bonds is 6. The molecular formula is C14H16ClN3O. The van der Waals surface area contributed by atoms with Crippen LogP contribution in [0.3, 0.4) is 0 Å². The largest absolute Gasteiger partial charge is 0.478 e. The molecule has 1 heterocycles. The smallest absolute Gasteiger partial charge is 0.230 e. The first-order valence-electron chi connectivity index (χ1n) is 6.19. The van der Waals surface area contributed by atoms with Crippen LogP contribution in [0.15, 0.2) is 36.5 Å². The molecule has 1 aromatic heterocycles. The SMILES string of the molecule is CCOc1ccnc(Nc2ccc(CCCl)cc2)n1. The normalized spacial score (nSPS) is 10.2. The maximum Gasteiger partial charge on any atom is 0.230 e. The molecular weight excluding hydrogens is 262 g/mol. The number of ether oxygens (including phenoxy) is 1. The van der Waals surface area contributed by atoms with Crippen LogP contribution in [0.5, 0.6) is 5.88 Å². The molecule has 0 bridgehead atoms. The molecule has 0 atom stereocenters. The van der Waals surface area contributed by atoms with Gasteiger partial charge in [0.05, 0.1) is 6.61 Å². The van der Waals surface area contributed by atoms with E-state index in [1.54, 1.807) is 12.3 Å². The summed E-state index contributed by atoms with van der Waals surface area (Å²) in [5, 5.41) is 3.14. The van der Waals surface area contributed by atoms with Gasteiger partial charge in [0.25, 0.3) is 0 Å². The lowest BCUT2D eigenvalue weighted by Gasteiger charge is -2.07. The van der Waals surface area contributed by atoms with Gasteiger partial charge in [0, 0.05) is 23.8 Å². The van der Waals surface area contributed by atoms with Gasteiger partial charge >= 0.3 is 0 Å². The van der Waals surface area contributed by atoms with Crippen LogP contribution in [0.1, 0.15) is 12.5 Å². The second-order valence-corrected chi connectivity index (χ2v) is 4.29. The van der Waals surface area contributed by atoms with Crippen LogP contribution in [0.25, 0.3) is 0 Å². The summed E-state index contributed by atoms with van der Waals surface area (Å²) >= 11 is 5.70. The fraction of sp³-hybridized carbons (Fsp3) is 0.286. The number of hydrogen-bond acceptors (Lipinski definition) is 4. The molecule has 0 unspecified atom stereocenters. The Bertz CT molecular complexity index is 516. The van der Waals surface area contributed by atoms with Gasteiger partial charge in [-0.3, -0.25) is 0 Å². The van der Waals surface area contributed by atoms with Crippen LogP contribution >= 0.6 is 11.6 Å². The van der Waals surface area contributed by atoms with Crippen LogP contribution < -0.4 is 10.1 Å². The van der Waals surface area contributed by atoms with Crippen LogP contribution in [0.4, 0.5) is 11.6 Å². The molecule has 2 rings (SSSR count). The minimum atomic E-state index is 0.524. The van der Waals surface area contributed by atoms with Crippen molar-refractivity contribution in [3.8, 4) is 5.88 Å². The van der Waals surface area contributed by atoms with Gasteiger partial charge in [-0.2, -0.15) is 4.98 Å². The van der Waals surface area contributed by atoms with Gasteiger partial charge in [-0.05, 0) is 31.0 Å². The van der Waals surface area contributed by atoms with Gasteiger partial charge in [0.15, 0.2) is 0 Å². The number of hydrogen-bond donors (Lipinski definition) is 1. The molecule has 1 aromatic carbocycles. The Hall–Kier alpha value is -1.81. The summed E-state index contributed by atoms with van der Waals surface area (Å²) in [6.45, 7) is 2.51. The van der Waals surface area contributed by atoms with Crippen LogP contribution in [-0.4, -0.2) is 22.5 Å². The van der Waals surface area contributed by atoms with Crippen LogP contribution in [0.2, 0.25) is 0 Å². The predicted molar refractivity (Wildman–Crippen MR) is 77.3 cm³/mol. The zero-order valence-electron chi connectivity index (χ0n) is 10.8. The van der Waals surface area contributed by atoms with Crippen molar-refractivity contribution in [3.05, 3.63) is 42.1 Å². The van der Waals surface area contributed by atoms with Gasteiger partial charge in [-0.25, -0.2) is 4.98 Å². The summed E-state index contributed by atoms with van der Waals surface area (Å²) in [5.74, 6) is 1.72. The molecule has 0 saturated carbocycles. The molecule has 4 nitrogen and oxygen atoms in total. The Kier molecular flexibility index (Phi) is 4.98. The Morgan fingerprint density at radius 3 is 2.68 bits per heavy atom. The zero-order chi connectivity index (χ0) is 13.5. The number of halogens is 1. The third-order valence-electron chi connectivity index (χ3n) is 2.52. The molecule has 100 valence electrons. The standard InChI is InChI=1S/C14H16ClN3O/c1-2-19-13-8-10-16-14(18-13)17-12-5-3-11(4-6-12)7-9-15/h3-6,8,10H,2,7,9H2,1H3,(H,16,17,18). The van der Waals surface area contributed by atoms with E-state index in [-0.39, 0.29) is 0 Å². The highest BCUT2D eigenvalue weighted by molar-refractivity contribution is 6.17. The predicted octanol–water partition coefficient (Wildman–Crippen LogP) is 3.40. The van der Waals surface area contributed by atoms with E-state index in [0.717, 1.165) is 12.1 Å². The highest BCUT2D eigenvalue weighted by atomic mass is 35.5. The fourth-order valence-corrected chi connectivity index (χ4v) is 1.84. The summed E-state index contributed by atoms with van der Waals surface area (Å²) in [6, 6.07) is 9.78. The minimum Gasteiger partial charge on any atom is -0.478 e. The number of anilines is 2. The maximum absolute atomic E-state index is 5.70. The molecule has 2 aromatic rings. The third-order valence-corrected chi connectivity index (χ3v) is 2.70. The number of nitrogens with one attached hydrogen (secondary N) is 1. The van der Waals surface area contributed by atoms with Gasteiger partial charge in [-0.1, -0.05) is 12.1 Å². The number of alkyl halides is 1. The van der Waals surface area contributed by atoms with E-state index < -0.39 is 0 Å². The molecule has 0 saturated heterocycles. The molecule has 0 aliphatic rings. The molecule has 0 amide bonds. The lowest BCUT2D eigenvalue weighted by atomic mass is 10.1. The quantitative estimate of drug-likeness (QED) is 0.822. The van der Waals surface area contributed by atoms with Crippen molar-refractivity contribution >= 4 is 23.2 Å². The third kappa shape index (κ3) is 4.10. The first-order chi connectivity index (χ1) is 9.31. The molecule has 0 radical (unpaired) electrons. The summed E-state index contributed by atoms with van der Waals surface area (Å²) in [7, 11) is 0. The molecule has 5 heteroatoms. The summed E-state index contributed by atoms with van der Waals surface area (Å²) < 4.78 is 5.33. The summed E-state index contributed by atoms with van der Waals surface area (Å²) in [4.78, 5) is 8.40. The van der Waals surface area contributed by atoms with Crippen molar-refractivity contribution in [3.63, 3.8) is 0 Å². The zero-order valence-corrected chi connectivity index (χ0v) is 11.5. The van der Waals surface area contributed by atoms with Gasteiger partial charge in [0.2, 0.25) is 11.8 Å². The molecule has 0 fully saturated rings. The van der Waals surface area contributed by atoms with E-state index in [2.05, 4.69) is 15.3 Å². The first kappa shape index (κ1) is 13.6. The maximum atomic E-state index is 5.70. The number of aryl methyl sites for hydroxylation is 1. The van der Waals surface area contributed by atoms with Crippen molar-refractivity contribution in [2.45, 2.75) is 13.3 Å². The highest BCUT2D eigenvalue weighted by Gasteiger charge is 2.00. The molecule has 0 aliphatic heterocycles. The van der Waals surface area contributed by atoms with Gasteiger partial charge < -0.3 is 10.1 Å². The molecule has 0 aliphatic carbocycles. The van der Waals surface area contributed by atoms with Crippen molar-refractivity contribution < 1.29 is 4.74 Å². The van der Waals surface area contributed by atoms with Gasteiger partial charge in [-0.15, -0.1) is 11.6 Å². The van der Waals surface area contributed by atoms with Crippen molar-refractivity contribution in [2.24, 2.45) is 0 Å². The fourth-order valence-electron chi connectivity index (χ4n) is 1.62.